The fraction of sp³-hybridized carbons (Fsp3) is 0.111. The molecule has 0 amide bonds. The fourth-order valence-electron chi connectivity index (χ4n) is 0.906. The maximum atomic E-state index is 12.9. The minimum Gasteiger partial charge on any atom is -0.207 e. The van der Waals surface area contributed by atoms with E-state index in [1.807, 2.05) is 0 Å². The van der Waals surface area contributed by atoms with Crippen molar-refractivity contribution in [3.8, 4) is 6.07 Å². The van der Waals surface area contributed by atoms with E-state index in [1.54, 1.807) is 6.07 Å². The van der Waals surface area contributed by atoms with Crippen molar-refractivity contribution in [1.82, 2.24) is 0 Å². The van der Waals surface area contributed by atoms with E-state index >= 15 is 0 Å². The van der Waals surface area contributed by atoms with Crippen molar-refractivity contribution in [2.75, 3.05) is 0 Å². The highest BCUT2D eigenvalue weighted by atomic mass is 19.1. The molecule has 0 heterocycles. The molecule has 1 radical (unpaired) electrons. The molecule has 3 heteroatoms. The van der Waals surface area contributed by atoms with Crippen LogP contribution in [0.15, 0.2) is 12.1 Å². The van der Waals surface area contributed by atoms with Crippen LogP contribution in [0, 0.1) is 29.9 Å². The van der Waals surface area contributed by atoms with E-state index in [1.165, 1.54) is 0 Å². The first-order valence-corrected chi connectivity index (χ1v) is 3.36. The summed E-state index contributed by atoms with van der Waals surface area (Å²) in [6, 6.07) is 3.67. The zero-order valence-electron chi connectivity index (χ0n) is 6.27. The van der Waals surface area contributed by atoms with Gasteiger partial charge in [0.15, 0.2) is 0 Å². The van der Waals surface area contributed by atoms with E-state index in [-0.39, 0.29) is 17.5 Å². The summed E-state index contributed by atoms with van der Waals surface area (Å²) < 4.78 is 25.7. The molecule has 0 fully saturated rings. The molecular weight excluding hydrogens is 160 g/mol. The molecule has 0 aliphatic carbocycles. The van der Waals surface area contributed by atoms with Crippen LogP contribution in [0.2, 0.25) is 0 Å². The number of nitriles is 1. The number of rotatable bonds is 1. The van der Waals surface area contributed by atoms with Gasteiger partial charge >= 0.3 is 0 Å². The molecule has 0 spiro atoms. The van der Waals surface area contributed by atoms with E-state index < -0.39 is 11.6 Å². The van der Waals surface area contributed by atoms with E-state index in [0.717, 1.165) is 12.1 Å². The number of nitrogens with zero attached hydrogens (tertiary/aromatic N) is 1. The molecule has 0 unspecified atom stereocenters. The van der Waals surface area contributed by atoms with E-state index in [4.69, 9.17) is 5.26 Å². The van der Waals surface area contributed by atoms with Gasteiger partial charge in [-0.3, -0.25) is 0 Å². The SMILES string of the molecule is [CH2]Cc1c(F)cc(C#N)cc1F. The maximum absolute atomic E-state index is 12.9. The van der Waals surface area contributed by atoms with Gasteiger partial charge in [-0.05, 0) is 25.5 Å². The van der Waals surface area contributed by atoms with Gasteiger partial charge in [-0.1, -0.05) is 0 Å². The Morgan fingerprint density at radius 3 is 2.17 bits per heavy atom. The molecule has 12 heavy (non-hydrogen) atoms. The van der Waals surface area contributed by atoms with Crippen LogP contribution in [0.4, 0.5) is 8.78 Å². The maximum Gasteiger partial charge on any atom is 0.130 e. The van der Waals surface area contributed by atoms with Crippen LogP contribution in [0.25, 0.3) is 0 Å². The second kappa shape index (κ2) is 3.31. The van der Waals surface area contributed by atoms with Crippen LogP contribution >= 0.6 is 0 Å². The summed E-state index contributed by atoms with van der Waals surface area (Å²) >= 11 is 0. The van der Waals surface area contributed by atoms with Crippen molar-refractivity contribution < 1.29 is 8.78 Å². The number of hydrogen-bond donors (Lipinski definition) is 0. The Morgan fingerprint density at radius 2 is 1.83 bits per heavy atom. The molecule has 0 aliphatic rings. The van der Waals surface area contributed by atoms with Crippen molar-refractivity contribution >= 4 is 0 Å². The van der Waals surface area contributed by atoms with Crippen LogP contribution in [0.5, 0.6) is 0 Å². The minimum absolute atomic E-state index is 0.0119. The average Bonchev–Trinajstić information content (AvgIpc) is 2.03. The lowest BCUT2D eigenvalue weighted by molar-refractivity contribution is 0.561. The van der Waals surface area contributed by atoms with Gasteiger partial charge in [0, 0.05) is 5.56 Å². The van der Waals surface area contributed by atoms with Gasteiger partial charge in [0.05, 0.1) is 11.6 Å². The molecule has 1 nitrogen and oxygen atoms in total. The highest BCUT2D eigenvalue weighted by molar-refractivity contribution is 5.34. The molecule has 1 aromatic rings. The lowest BCUT2D eigenvalue weighted by Crippen LogP contribution is -1.94. The van der Waals surface area contributed by atoms with Gasteiger partial charge in [0.2, 0.25) is 0 Å². The van der Waals surface area contributed by atoms with Gasteiger partial charge in [0.1, 0.15) is 11.6 Å². The van der Waals surface area contributed by atoms with Crippen LogP contribution in [-0.2, 0) is 6.42 Å². The van der Waals surface area contributed by atoms with E-state index in [0.29, 0.717) is 0 Å². The first kappa shape index (κ1) is 8.66. The van der Waals surface area contributed by atoms with E-state index in [2.05, 4.69) is 6.92 Å². The van der Waals surface area contributed by atoms with Gasteiger partial charge in [-0.15, -0.1) is 0 Å². The zero-order chi connectivity index (χ0) is 9.14. The molecule has 61 valence electrons. The topological polar surface area (TPSA) is 23.8 Å². The van der Waals surface area contributed by atoms with Crippen LogP contribution in [-0.4, -0.2) is 0 Å². The highest BCUT2D eigenvalue weighted by Gasteiger charge is 2.08. The smallest absolute Gasteiger partial charge is 0.130 e. The summed E-state index contributed by atoms with van der Waals surface area (Å²) in [5.74, 6) is -1.41. The quantitative estimate of drug-likeness (QED) is 0.627. The molecule has 0 saturated carbocycles. The lowest BCUT2D eigenvalue weighted by Gasteiger charge is -2.00. The lowest BCUT2D eigenvalue weighted by atomic mass is 10.1. The first-order valence-electron chi connectivity index (χ1n) is 3.36. The number of halogens is 2. The second-order valence-corrected chi connectivity index (χ2v) is 2.28. The summed E-state index contributed by atoms with van der Waals surface area (Å²) in [5, 5.41) is 8.35. The molecule has 0 aromatic heterocycles. The fourth-order valence-corrected chi connectivity index (χ4v) is 0.906. The Morgan fingerprint density at radius 1 is 1.33 bits per heavy atom. The summed E-state index contributed by atoms with van der Waals surface area (Å²) in [5.41, 5.74) is -0.0869. The molecule has 0 saturated heterocycles. The molecule has 0 N–H and O–H groups in total. The van der Waals surface area contributed by atoms with Crippen molar-refractivity contribution in [3.05, 3.63) is 41.8 Å². The summed E-state index contributed by atoms with van der Waals surface area (Å²) in [7, 11) is 0. The Hall–Kier alpha value is -1.43. The largest absolute Gasteiger partial charge is 0.207 e. The zero-order valence-corrected chi connectivity index (χ0v) is 6.27. The van der Waals surface area contributed by atoms with Crippen molar-refractivity contribution in [3.63, 3.8) is 0 Å². The first-order chi connectivity index (χ1) is 5.69. The van der Waals surface area contributed by atoms with Crippen LogP contribution < -0.4 is 0 Å². The molecule has 0 bridgehead atoms. The standard InChI is InChI=1S/C9H6F2N/c1-2-7-8(10)3-6(5-12)4-9(7)11/h3-4H,1-2H2. The average molecular weight is 166 g/mol. The van der Waals surface area contributed by atoms with Crippen molar-refractivity contribution in [2.24, 2.45) is 0 Å². The third-order valence-electron chi connectivity index (χ3n) is 1.52. The Balaban J connectivity index is 3.30. The van der Waals surface area contributed by atoms with Crippen LogP contribution in [0.3, 0.4) is 0 Å². The van der Waals surface area contributed by atoms with Gasteiger partial charge in [-0.2, -0.15) is 5.26 Å². The van der Waals surface area contributed by atoms with Gasteiger partial charge in [0.25, 0.3) is 0 Å². The minimum atomic E-state index is -0.707. The Kier molecular flexibility index (Phi) is 2.39. The Labute approximate surface area is 69.2 Å². The molecule has 1 rings (SSSR count). The Bertz CT molecular complexity index is 316. The highest BCUT2D eigenvalue weighted by Crippen LogP contribution is 2.14. The number of benzene rings is 1. The molecule has 1 aromatic carbocycles. The number of hydrogen-bond acceptors (Lipinski definition) is 1. The predicted octanol–water partition coefficient (Wildman–Crippen LogP) is 2.21. The molecule has 0 atom stereocenters. The van der Waals surface area contributed by atoms with Crippen LogP contribution in [0.1, 0.15) is 11.1 Å². The third-order valence-corrected chi connectivity index (χ3v) is 1.52. The predicted molar refractivity (Wildman–Crippen MR) is 40.1 cm³/mol. The van der Waals surface area contributed by atoms with Gasteiger partial charge < -0.3 is 0 Å². The summed E-state index contributed by atoms with van der Waals surface area (Å²) in [4.78, 5) is 0. The summed E-state index contributed by atoms with van der Waals surface area (Å²) in [6.45, 7) is 3.37. The normalized spacial score (nSPS) is 9.50. The molecular formula is C9H6F2N. The van der Waals surface area contributed by atoms with Crippen molar-refractivity contribution in [1.29, 1.82) is 5.26 Å². The molecule has 0 aliphatic heterocycles. The summed E-state index contributed by atoms with van der Waals surface area (Å²) in [6.07, 6.45) is 0.0450. The monoisotopic (exact) mass is 166 g/mol. The van der Waals surface area contributed by atoms with Crippen molar-refractivity contribution in [2.45, 2.75) is 6.42 Å². The second-order valence-electron chi connectivity index (χ2n) is 2.28. The third kappa shape index (κ3) is 1.42. The van der Waals surface area contributed by atoms with Gasteiger partial charge in [-0.25, -0.2) is 8.78 Å². The van der Waals surface area contributed by atoms with E-state index in [9.17, 15) is 8.78 Å².